The Kier molecular flexibility index (Phi) is 8.27. The molecular weight excluding hydrogens is 224 g/mol. The molecule has 0 bridgehead atoms. The third kappa shape index (κ3) is 6.50. The fraction of sp³-hybridized carbons (Fsp3) is 0.933. The number of hydrogen-bond donors (Lipinski definition) is 2. The molecule has 1 saturated carbocycles. The second-order valence-electron chi connectivity index (χ2n) is 5.51. The minimum Gasteiger partial charge on any atom is -0.317 e. The van der Waals surface area contributed by atoms with Crippen LogP contribution in [0.1, 0.15) is 65.2 Å². The molecule has 2 N–H and O–H groups in total. The second-order valence-corrected chi connectivity index (χ2v) is 5.51. The number of hydrogen-bond acceptors (Lipinski definition) is 3. The summed E-state index contributed by atoms with van der Waals surface area (Å²) >= 11 is 0. The van der Waals surface area contributed by atoms with Gasteiger partial charge >= 0.3 is 0 Å². The van der Waals surface area contributed by atoms with E-state index in [4.69, 9.17) is 0 Å². The molecule has 3 heteroatoms. The number of carbonyl (C=O) groups excluding carboxylic acids is 1. The molecule has 1 aliphatic rings. The Bertz CT molecular complexity index is 225. The van der Waals surface area contributed by atoms with Crippen LogP contribution < -0.4 is 10.6 Å². The van der Waals surface area contributed by atoms with Crippen molar-refractivity contribution < 1.29 is 4.79 Å². The van der Waals surface area contributed by atoms with Crippen molar-refractivity contribution >= 4 is 5.78 Å². The lowest BCUT2D eigenvalue weighted by Crippen LogP contribution is -2.43. The summed E-state index contributed by atoms with van der Waals surface area (Å²) in [4.78, 5) is 11.7. The number of Topliss-reactive ketones (excluding diaryl/α,β-unsaturated/α-hetero) is 1. The molecule has 1 fully saturated rings. The summed E-state index contributed by atoms with van der Waals surface area (Å²) in [7, 11) is 0. The van der Waals surface area contributed by atoms with Crippen LogP contribution in [0.2, 0.25) is 0 Å². The molecule has 1 unspecified atom stereocenters. The molecule has 0 saturated heterocycles. The van der Waals surface area contributed by atoms with Crippen molar-refractivity contribution in [3.63, 3.8) is 0 Å². The maximum absolute atomic E-state index is 11.7. The van der Waals surface area contributed by atoms with Crippen LogP contribution in [0.4, 0.5) is 0 Å². The van der Waals surface area contributed by atoms with Crippen LogP contribution in [0.15, 0.2) is 0 Å². The standard InChI is InChI=1S/C15H30N2O/c1-3-16-12-8-7-11-15(13(2)18)17-14-9-5-4-6-10-14/h14-17H,3-12H2,1-2H3. The summed E-state index contributed by atoms with van der Waals surface area (Å²) < 4.78 is 0. The van der Waals surface area contributed by atoms with E-state index in [1.807, 2.05) is 0 Å². The summed E-state index contributed by atoms with van der Waals surface area (Å²) in [5, 5.41) is 6.90. The van der Waals surface area contributed by atoms with Crippen LogP contribution >= 0.6 is 0 Å². The van der Waals surface area contributed by atoms with E-state index in [1.54, 1.807) is 6.92 Å². The summed E-state index contributed by atoms with van der Waals surface area (Å²) in [5.74, 6) is 0.309. The van der Waals surface area contributed by atoms with Gasteiger partial charge in [-0.15, -0.1) is 0 Å². The van der Waals surface area contributed by atoms with E-state index in [2.05, 4.69) is 17.6 Å². The second kappa shape index (κ2) is 9.51. The van der Waals surface area contributed by atoms with E-state index in [0.29, 0.717) is 11.8 Å². The molecule has 3 nitrogen and oxygen atoms in total. The SMILES string of the molecule is CCNCCCCC(NC1CCCCC1)C(C)=O. The predicted octanol–water partition coefficient (Wildman–Crippen LogP) is 2.65. The highest BCUT2D eigenvalue weighted by Crippen LogP contribution is 2.18. The number of unbranched alkanes of at least 4 members (excludes halogenated alkanes) is 1. The Morgan fingerprint density at radius 3 is 2.56 bits per heavy atom. The van der Waals surface area contributed by atoms with Gasteiger partial charge in [0.2, 0.25) is 0 Å². The molecular formula is C15H30N2O. The zero-order valence-corrected chi connectivity index (χ0v) is 12.1. The average molecular weight is 254 g/mol. The molecule has 0 heterocycles. The molecule has 1 atom stereocenters. The van der Waals surface area contributed by atoms with Gasteiger partial charge in [-0.3, -0.25) is 4.79 Å². The molecule has 18 heavy (non-hydrogen) atoms. The van der Waals surface area contributed by atoms with Crippen LogP contribution in [-0.2, 0) is 4.79 Å². The largest absolute Gasteiger partial charge is 0.317 e. The summed E-state index contributed by atoms with van der Waals surface area (Å²) in [6.07, 6.45) is 9.82. The van der Waals surface area contributed by atoms with Crippen LogP contribution in [0, 0.1) is 0 Å². The summed E-state index contributed by atoms with van der Waals surface area (Å²) in [6, 6.07) is 0.677. The van der Waals surface area contributed by atoms with Gasteiger partial charge < -0.3 is 10.6 Å². The van der Waals surface area contributed by atoms with Gasteiger partial charge in [-0.25, -0.2) is 0 Å². The number of rotatable bonds is 9. The Labute approximate surface area is 112 Å². The van der Waals surface area contributed by atoms with Crippen molar-refractivity contribution in [2.45, 2.75) is 77.3 Å². The Morgan fingerprint density at radius 2 is 1.94 bits per heavy atom. The zero-order valence-electron chi connectivity index (χ0n) is 12.1. The normalized spacial score (nSPS) is 18.8. The van der Waals surface area contributed by atoms with E-state index >= 15 is 0 Å². The number of carbonyl (C=O) groups is 1. The molecule has 0 amide bonds. The van der Waals surface area contributed by atoms with Gasteiger partial charge in [-0.05, 0) is 45.7 Å². The van der Waals surface area contributed by atoms with Gasteiger partial charge in [0.1, 0.15) is 5.78 Å². The molecule has 0 aromatic heterocycles. The molecule has 0 aliphatic heterocycles. The monoisotopic (exact) mass is 254 g/mol. The third-order valence-electron chi connectivity index (χ3n) is 3.88. The maximum atomic E-state index is 11.7. The molecule has 0 aromatic rings. The smallest absolute Gasteiger partial charge is 0.146 e. The van der Waals surface area contributed by atoms with Crippen molar-refractivity contribution in [1.29, 1.82) is 0 Å². The van der Waals surface area contributed by atoms with Crippen molar-refractivity contribution in [3.8, 4) is 0 Å². The Morgan fingerprint density at radius 1 is 1.22 bits per heavy atom. The Balaban J connectivity index is 2.19. The van der Waals surface area contributed by atoms with E-state index < -0.39 is 0 Å². The van der Waals surface area contributed by atoms with Gasteiger partial charge in [0.25, 0.3) is 0 Å². The summed E-state index contributed by atoms with van der Waals surface area (Å²) in [5.41, 5.74) is 0. The van der Waals surface area contributed by atoms with Crippen LogP contribution in [0.5, 0.6) is 0 Å². The zero-order chi connectivity index (χ0) is 13.2. The minimum atomic E-state index is 0.0923. The van der Waals surface area contributed by atoms with Gasteiger partial charge in [0.15, 0.2) is 0 Å². The van der Waals surface area contributed by atoms with E-state index in [-0.39, 0.29) is 6.04 Å². The van der Waals surface area contributed by atoms with Gasteiger partial charge in [-0.1, -0.05) is 32.6 Å². The number of ketones is 1. The topological polar surface area (TPSA) is 41.1 Å². The van der Waals surface area contributed by atoms with Crippen molar-refractivity contribution in [1.82, 2.24) is 10.6 Å². The first-order chi connectivity index (χ1) is 8.74. The van der Waals surface area contributed by atoms with E-state index in [9.17, 15) is 4.79 Å². The molecule has 0 spiro atoms. The van der Waals surface area contributed by atoms with Gasteiger partial charge in [-0.2, -0.15) is 0 Å². The lowest BCUT2D eigenvalue weighted by atomic mass is 9.93. The molecule has 1 aliphatic carbocycles. The van der Waals surface area contributed by atoms with E-state index in [0.717, 1.165) is 25.9 Å². The molecule has 0 aromatic carbocycles. The quantitative estimate of drug-likeness (QED) is 0.622. The average Bonchev–Trinajstić information content (AvgIpc) is 2.38. The van der Waals surface area contributed by atoms with Gasteiger partial charge in [0, 0.05) is 6.04 Å². The first kappa shape index (κ1) is 15.6. The van der Waals surface area contributed by atoms with E-state index in [1.165, 1.54) is 38.5 Å². The van der Waals surface area contributed by atoms with Crippen LogP contribution in [0.3, 0.4) is 0 Å². The van der Waals surface area contributed by atoms with Gasteiger partial charge in [0.05, 0.1) is 6.04 Å². The lowest BCUT2D eigenvalue weighted by Gasteiger charge is -2.27. The third-order valence-corrected chi connectivity index (χ3v) is 3.88. The van der Waals surface area contributed by atoms with Crippen molar-refractivity contribution in [2.75, 3.05) is 13.1 Å². The van der Waals surface area contributed by atoms with Crippen LogP contribution in [-0.4, -0.2) is 31.0 Å². The maximum Gasteiger partial charge on any atom is 0.146 e. The number of nitrogens with one attached hydrogen (secondary N) is 2. The lowest BCUT2D eigenvalue weighted by molar-refractivity contribution is -0.119. The molecule has 1 rings (SSSR count). The Hall–Kier alpha value is -0.410. The van der Waals surface area contributed by atoms with Crippen molar-refractivity contribution in [3.05, 3.63) is 0 Å². The highest BCUT2D eigenvalue weighted by molar-refractivity contribution is 5.81. The fourth-order valence-corrected chi connectivity index (χ4v) is 2.73. The fourth-order valence-electron chi connectivity index (χ4n) is 2.73. The first-order valence-corrected chi connectivity index (χ1v) is 7.71. The predicted molar refractivity (Wildman–Crippen MR) is 76.9 cm³/mol. The highest BCUT2D eigenvalue weighted by atomic mass is 16.1. The van der Waals surface area contributed by atoms with Crippen molar-refractivity contribution in [2.24, 2.45) is 0 Å². The molecule has 0 radical (unpaired) electrons. The summed E-state index contributed by atoms with van der Waals surface area (Å²) in [6.45, 7) is 5.97. The first-order valence-electron chi connectivity index (χ1n) is 7.71. The van der Waals surface area contributed by atoms with Crippen LogP contribution in [0.25, 0.3) is 0 Å². The molecule has 106 valence electrons. The minimum absolute atomic E-state index is 0.0923. The highest BCUT2D eigenvalue weighted by Gasteiger charge is 2.20.